The van der Waals surface area contributed by atoms with Crippen molar-refractivity contribution < 1.29 is 43.6 Å². The quantitative estimate of drug-likeness (QED) is 0.207. The number of ether oxygens (including phenoxy) is 3. The molecule has 2 aliphatic heterocycles. The Morgan fingerprint density at radius 1 is 1.17 bits per heavy atom. The molecule has 0 bridgehead atoms. The summed E-state index contributed by atoms with van der Waals surface area (Å²) >= 11 is 0. The molecule has 4 rings (SSSR count). The molecular weight excluding hydrogens is 468 g/mol. The first kappa shape index (κ1) is 24.3. The molecule has 1 unspecified atom stereocenters. The van der Waals surface area contributed by atoms with Crippen molar-refractivity contribution in [1.82, 2.24) is 9.55 Å². The number of nitrogens with two attached hydrogens (primary N) is 1. The van der Waals surface area contributed by atoms with Gasteiger partial charge in [-0.15, -0.1) is 0 Å². The van der Waals surface area contributed by atoms with Crippen LogP contribution in [0.1, 0.15) is 33.9 Å². The summed E-state index contributed by atoms with van der Waals surface area (Å²) in [5.74, 6) is -2.79. The molecule has 14 heteroatoms. The van der Waals surface area contributed by atoms with Gasteiger partial charge < -0.3 is 35.0 Å². The van der Waals surface area contributed by atoms with Gasteiger partial charge >= 0.3 is 23.6 Å². The van der Waals surface area contributed by atoms with Gasteiger partial charge in [0.25, 0.3) is 0 Å². The van der Waals surface area contributed by atoms with Crippen LogP contribution in [0, 0.1) is 0 Å². The average molecular weight is 490 g/mol. The highest BCUT2D eigenvalue weighted by molar-refractivity contribution is 6.03. The van der Waals surface area contributed by atoms with Gasteiger partial charge in [0.05, 0.1) is 23.8 Å². The van der Waals surface area contributed by atoms with Crippen LogP contribution in [0.5, 0.6) is 0 Å². The number of hydrogen-bond acceptors (Lipinski definition) is 13. The second-order valence-electron chi connectivity index (χ2n) is 7.83. The Labute approximate surface area is 197 Å². The number of fused-ring (bicyclic) bond motifs is 2. The molecule has 6 atom stereocenters. The molecule has 14 nitrogen and oxygen atoms in total. The van der Waals surface area contributed by atoms with Crippen LogP contribution in [0.25, 0.3) is 0 Å². The first-order chi connectivity index (χ1) is 16.7. The maximum atomic E-state index is 12.8. The van der Waals surface area contributed by atoms with Gasteiger partial charge in [-0.05, 0) is 19.1 Å². The lowest BCUT2D eigenvalue weighted by atomic mass is 10.0. The van der Waals surface area contributed by atoms with Crippen LogP contribution in [0.3, 0.4) is 0 Å². The number of nitrogens with zero attached hydrogens (tertiary/aromatic N) is 2. The van der Waals surface area contributed by atoms with E-state index < -0.39 is 66.9 Å². The third-order valence-electron chi connectivity index (χ3n) is 5.47. The van der Waals surface area contributed by atoms with Crippen molar-refractivity contribution >= 4 is 23.7 Å². The molecule has 1 aromatic heterocycles. The van der Waals surface area contributed by atoms with E-state index in [-0.39, 0.29) is 16.9 Å². The molecule has 1 saturated heterocycles. The Morgan fingerprint density at radius 2 is 1.80 bits per heavy atom. The number of benzene rings is 1. The fraction of sp³-hybridized carbons (Fsp3) is 0.381. The lowest BCUT2D eigenvalue weighted by Gasteiger charge is -2.27. The summed E-state index contributed by atoms with van der Waals surface area (Å²) in [5, 5.41) is 19.1. The van der Waals surface area contributed by atoms with E-state index in [1.807, 2.05) is 0 Å². The van der Waals surface area contributed by atoms with Gasteiger partial charge in [0, 0.05) is 12.3 Å². The molecule has 186 valence electrons. The highest BCUT2D eigenvalue weighted by Crippen LogP contribution is 2.35. The van der Waals surface area contributed by atoms with E-state index in [4.69, 9.17) is 24.8 Å². The normalized spacial score (nSPS) is 25.1. The van der Waals surface area contributed by atoms with Crippen LogP contribution in [0.4, 0.5) is 5.82 Å². The van der Waals surface area contributed by atoms with Gasteiger partial charge in [-0.25, -0.2) is 24.7 Å². The largest absolute Gasteiger partial charge is 0.452 e. The van der Waals surface area contributed by atoms with Crippen molar-refractivity contribution in [2.75, 3.05) is 12.1 Å². The first-order valence-corrected chi connectivity index (χ1v) is 10.5. The summed E-state index contributed by atoms with van der Waals surface area (Å²) in [5.41, 5.74) is 6.68. The molecule has 0 radical (unpaired) electrons. The molecule has 2 aliphatic rings. The number of aliphatic hydroxyl groups is 2. The Morgan fingerprint density at radius 3 is 2.37 bits per heavy atom. The van der Waals surface area contributed by atoms with Crippen molar-refractivity contribution in [3.8, 4) is 0 Å². The fourth-order valence-corrected chi connectivity index (χ4v) is 3.59. The predicted molar refractivity (Wildman–Crippen MR) is 114 cm³/mol. The number of rotatable bonds is 6. The Hall–Kier alpha value is -3.85. The first-order valence-electron chi connectivity index (χ1n) is 10.5. The van der Waals surface area contributed by atoms with Crippen molar-refractivity contribution in [3.63, 3.8) is 0 Å². The zero-order chi connectivity index (χ0) is 25.3. The van der Waals surface area contributed by atoms with Crippen molar-refractivity contribution in [2.45, 2.75) is 43.6 Å². The summed E-state index contributed by atoms with van der Waals surface area (Å²) in [4.78, 5) is 58.3. The van der Waals surface area contributed by atoms with Crippen molar-refractivity contribution in [1.29, 1.82) is 0 Å². The molecule has 0 amide bonds. The number of nitrogens with one attached hydrogen (secondary N) is 1. The second-order valence-corrected chi connectivity index (χ2v) is 7.83. The zero-order valence-electron chi connectivity index (χ0n) is 18.3. The zero-order valence-corrected chi connectivity index (χ0v) is 18.3. The minimum Gasteiger partial charge on any atom is -0.452 e. The molecule has 5 N–H and O–H groups in total. The van der Waals surface area contributed by atoms with E-state index in [1.54, 1.807) is 12.1 Å². The van der Waals surface area contributed by atoms with Gasteiger partial charge in [-0.1, -0.05) is 12.1 Å². The molecule has 1 fully saturated rings. The van der Waals surface area contributed by atoms with Crippen LogP contribution in [-0.4, -0.2) is 74.7 Å². The highest BCUT2D eigenvalue weighted by Gasteiger charge is 2.52. The maximum absolute atomic E-state index is 12.8. The summed E-state index contributed by atoms with van der Waals surface area (Å²) in [6.45, 7) is 0.712. The Bertz CT molecular complexity index is 1200. The van der Waals surface area contributed by atoms with E-state index in [0.29, 0.717) is 0 Å². The SMILES string of the molecule is C[C@H](O)C(N)C(=O)ONc1ccn([C@@H]2O[C@H](CO)[C@H]3OC(=O)c4ccccc4C(=O)O[C@H]32)c(=O)n1. The predicted octanol–water partition coefficient (Wildman–Crippen LogP) is -1.52. The molecule has 35 heavy (non-hydrogen) atoms. The van der Waals surface area contributed by atoms with Crippen molar-refractivity contribution in [2.24, 2.45) is 5.73 Å². The molecule has 2 aromatic rings. The molecule has 0 spiro atoms. The number of carbonyl (C=O) groups is 3. The highest BCUT2D eigenvalue weighted by atomic mass is 16.7. The molecule has 0 aliphatic carbocycles. The van der Waals surface area contributed by atoms with Crippen LogP contribution in [-0.2, 0) is 23.8 Å². The average Bonchev–Trinajstić information content (AvgIpc) is 3.17. The van der Waals surface area contributed by atoms with Gasteiger partial charge in [0.2, 0.25) is 0 Å². The summed E-state index contributed by atoms with van der Waals surface area (Å²) in [7, 11) is 0. The molecule has 3 heterocycles. The number of hydrogen-bond donors (Lipinski definition) is 4. The van der Waals surface area contributed by atoms with Gasteiger partial charge in [-0.2, -0.15) is 4.98 Å². The number of carbonyl (C=O) groups excluding carboxylic acids is 3. The number of anilines is 1. The maximum Gasteiger partial charge on any atom is 0.351 e. The number of aliphatic hydroxyl groups excluding tert-OH is 2. The minimum atomic E-state index is -1.32. The monoisotopic (exact) mass is 490 g/mol. The van der Waals surface area contributed by atoms with Gasteiger partial charge in [0.15, 0.2) is 24.3 Å². The van der Waals surface area contributed by atoms with E-state index in [0.717, 1.165) is 4.57 Å². The van der Waals surface area contributed by atoms with Crippen LogP contribution in [0.2, 0.25) is 0 Å². The number of esters is 2. The van der Waals surface area contributed by atoms with E-state index in [9.17, 15) is 29.4 Å². The van der Waals surface area contributed by atoms with E-state index in [1.165, 1.54) is 31.3 Å². The lowest BCUT2D eigenvalue weighted by molar-refractivity contribution is -0.144. The standard InChI is InChI=1S/C21H22N4O10/c1-9(27)14(22)20(30)35-24-13-6-7-25(21(31)23-13)17-16-15(12(8-26)32-17)33-18(28)10-4-2-3-5-11(10)19(29)34-16/h2-7,9,12,14-17,26-27H,8,22H2,1H3,(H,23,24,31)/t9-,12+,14?,15+,16+,17+/m0/s1. The fourth-order valence-electron chi connectivity index (χ4n) is 3.59. The van der Waals surface area contributed by atoms with Crippen LogP contribution in [0.15, 0.2) is 41.3 Å². The summed E-state index contributed by atoms with van der Waals surface area (Å²) in [6, 6.07) is 5.84. The van der Waals surface area contributed by atoms with Gasteiger partial charge in [-0.3, -0.25) is 4.57 Å². The van der Waals surface area contributed by atoms with Crippen molar-refractivity contribution in [3.05, 3.63) is 58.1 Å². The summed E-state index contributed by atoms with van der Waals surface area (Å²) < 4.78 is 17.7. The second kappa shape index (κ2) is 9.79. The Kier molecular flexibility index (Phi) is 6.79. The molecule has 0 saturated carbocycles. The molecular formula is C21H22N4O10. The van der Waals surface area contributed by atoms with E-state index >= 15 is 0 Å². The third-order valence-corrected chi connectivity index (χ3v) is 5.47. The van der Waals surface area contributed by atoms with Gasteiger partial charge in [0.1, 0.15) is 12.1 Å². The third kappa shape index (κ3) is 4.72. The lowest BCUT2D eigenvalue weighted by Crippen LogP contribution is -2.44. The smallest absolute Gasteiger partial charge is 0.351 e. The van der Waals surface area contributed by atoms with Crippen LogP contribution < -0.4 is 16.9 Å². The topological polar surface area (TPSA) is 202 Å². The summed E-state index contributed by atoms with van der Waals surface area (Å²) in [6.07, 6.45) is -4.83. The number of aromatic nitrogens is 2. The van der Waals surface area contributed by atoms with E-state index in [2.05, 4.69) is 10.5 Å². The molecule has 1 aromatic carbocycles. The van der Waals surface area contributed by atoms with Crippen LogP contribution >= 0.6 is 0 Å². The minimum absolute atomic E-state index is 0.00444. The Balaban J connectivity index is 1.58.